The van der Waals surface area contributed by atoms with Crippen LogP contribution in [0.25, 0.3) is 0 Å². The molecule has 1 heterocycles. The monoisotopic (exact) mass is 371 g/mol. The number of nitro benzene ring substituents is 1. The summed E-state index contributed by atoms with van der Waals surface area (Å²) in [6, 6.07) is 7.96. The first-order valence-electron chi connectivity index (χ1n) is 8.66. The van der Waals surface area contributed by atoms with Gasteiger partial charge in [0, 0.05) is 35.7 Å². The number of nitro groups is 1. The number of amides is 1. The van der Waals surface area contributed by atoms with Gasteiger partial charge in [-0.3, -0.25) is 14.9 Å². The van der Waals surface area contributed by atoms with E-state index in [9.17, 15) is 14.9 Å². The van der Waals surface area contributed by atoms with Crippen molar-refractivity contribution in [3.8, 4) is 11.5 Å². The predicted octanol–water partition coefficient (Wildman–Crippen LogP) is 3.03. The molecule has 2 aromatic carbocycles. The van der Waals surface area contributed by atoms with Gasteiger partial charge in [-0.1, -0.05) is 0 Å². The van der Waals surface area contributed by atoms with Gasteiger partial charge >= 0.3 is 0 Å². The molecule has 1 aliphatic heterocycles. The average molecular weight is 371 g/mol. The summed E-state index contributed by atoms with van der Waals surface area (Å²) < 4.78 is 11.5. The summed E-state index contributed by atoms with van der Waals surface area (Å²) in [5.74, 6) is 0.812. The Morgan fingerprint density at radius 3 is 2.85 bits per heavy atom. The van der Waals surface area contributed by atoms with Crippen molar-refractivity contribution in [2.45, 2.75) is 32.9 Å². The Morgan fingerprint density at radius 2 is 2.19 bits per heavy atom. The number of fused-ring (bicyclic) bond motifs is 1. The number of ether oxygens (including phenoxy) is 2. The Hall–Kier alpha value is -3.29. The van der Waals surface area contributed by atoms with E-state index in [1.54, 1.807) is 0 Å². The maximum absolute atomic E-state index is 11.3. The lowest BCUT2D eigenvalue weighted by molar-refractivity contribution is -0.384. The first-order chi connectivity index (χ1) is 12.9. The van der Waals surface area contributed by atoms with E-state index in [-0.39, 0.29) is 17.4 Å². The molecule has 0 fully saturated rings. The van der Waals surface area contributed by atoms with E-state index >= 15 is 0 Å². The smallest absolute Gasteiger partial charge is 0.293 e. The lowest BCUT2D eigenvalue weighted by Crippen LogP contribution is -2.12. The van der Waals surface area contributed by atoms with Gasteiger partial charge in [0.1, 0.15) is 23.3 Å². The van der Waals surface area contributed by atoms with E-state index in [4.69, 9.17) is 15.2 Å². The molecule has 0 saturated carbocycles. The third-order valence-corrected chi connectivity index (χ3v) is 4.33. The van der Waals surface area contributed by atoms with Crippen LogP contribution in [0.5, 0.6) is 11.5 Å². The van der Waals surface area contributed by atoms with Crippen molar-refractivity contribution < 1.29 is 19.2 Å². The fraction of sp³-hybridized carbons (Fsp3) is 0.316. The van der Waals surface area contributed by atoms with Crippen molar-refractivity contribution in [3.63, 3.8) is 0 Å². The largest absolute Gasteiger partial charge is 0.494 e. The summed E-state index contributed by atoms with van der Waals surface area (Å²) in [6.07, 6.45) is 0.934. The van der Waals surface area contributed by atoms with Gasteiger partial charge in [0.2, 0.25) is 5.91 Å². The van der Waals surface area contributed by atoms with Crippen LogP contribution < -0.4 is 20.5 Å². The minimum absolute atomic E-state index is 0.0853. The van der Waals surface area contributed by atoms with Crippen LogP contribution in [-0.4, -0.2) is 23.5 Å². The van der Waals surface area contributed by atoms with Crippen LogP contribution in [0.15, 0.2) is 30.3 Å². The second-order valence-corrected chi connectivity index (χ2v) is 6.34. The molecule has 1 amide bonds. The molecule has 0 saturated heterocycles. The number of hydrogen-bond donors (Lipinski definition) is 2. The fourth-order valence-corrected chi connectivity index (χ4v) is 3.09. The Balaban J connectivity index is 1.87. The van der Waals surface area contributed by atoms with Gasteiger partial charge < -0.3 is 20.5 Å². The van der Waals surface area contributed by atoms with Gasteiger partial charge in [-0.2, -0.15) is 0 Å². The van der Waals surface area contributed by atoms with E-state index in [0.717, 1.165) is 29.0 Å². The maximum Gasteiger partial charge on any atom is 0.293 e. The topological polar surface area (TPSA) is 117 Å². The third-order valence-electron chi connectivity index (χ3n) is 4.33. The highest BCUT2D eigenvalue weighted by Crippen LogP contribution is 2.36. The summed E-state index contributed by atoms with van der Waals surface area (Å²) in [5, 5.41) is 14.4. The molecule has 0 bridgehead atoms. The molecule has 0 spiro atoms. The Kier molecular flexibility index (Phi) is 5.16. The minimum atomic E-state index is -0.715. The van der Waals surface area contributed by atoms with Crippen molar-refractivity contribution in [1.29, 1.82) is 0 Å². The number of benzene rings is 2. The summed E-state index contributed by atoms with van der Waals surface area (Å²) >= 11 is 0. The average Bonchev–Trinajstić information content (AvgIpc) is 2.98. The molecule has 3 N–H and O–H groups in total. The van der Waals surface area contributed by atoms with Crippen LogP contribution in [-0.2, 0) is 13.0 Å². The number of primary amides is 1. The zero-order valence-electron chi connectivity index (χ0n) is 15.2. The molecule has 0 unspecified atom stereocenters. The summed E-state index contributed by atoms with van der Waals surface area (Å²) in [5.41, 5.74) is 7.29. The van der Waals surface area contributed by atoms with E-state index in [1.807, 2.05) is 26.0 Å². The van der Waals surface area contributed by atoms with Crippen LogP contribution in [0.3, 0.4) is 0 Å². The highest BCUT2D eigenvalue weighted by Gasteiger charge is 2.22. The molecule has 0 aliphatic carbocycles. The highest BCUT2D eigenvalue weighted by molar-refractivity contribution is 5.94. The van der Waals surface area contributed by atoms with Gasteiger partial charge in [-0.05, 0) is 38.1 Å². The van der Waals surface area contributed by atoms with Crippen LogP contribution >= 0.6 is 0 Å². The number of nitrogens with zero attached hydrogens (tertiary/aromatic N) is 1. The SMILES string of the molecule is CCOc1cc2c(cc1CNc1ccc(C(N)=O)cc1[N+](=O)[O-])O[C@@H](C)C2. The first-order valence-corrected chi connectivity index (χ1v) is 8.66. The molecule has 3 rings (SSSR count). The second-order valence-electron chi connectivity index (χ2n) is 6.34. The molecule has 142 valence electrons. The van der Waals surface area contributed by atoms with Crippen LogP contribution in [0.1, 0.15) is 35.3 Å². The predicted molar refractivity (Wildman–Crippen MR) is 100 cm³/mol. The number of carbonyl (C=O) groups excluding carboxylic acids is 1. The Morgan fingerprint density at radius 1 is 1.41 bits per heavy atom. The van der Waals surface area contributed by atoms with E-state index in [0.29, 0.717) is 18.8 Å². The molecule has 2 aromatic rings. The molecular weight excluding hydrogens is 350 g/mol. The van der Waals surface area contributed by atoms with Crippen molar-refractivity contribution >= 4 is 17.3 Å². The zero-order valence-corrected chi connectivity index (χ0v) is 15.2. The molecule has 0 aromatic heterocycles. The van der Waals surface area contributed by atoms with E-state index in [1.165, 1.54) is 18.2 Å². The number of rotatable bonds is 7. The Bertz CT molecular complexity index is 897. The summed E-state index contributed by atoms with van der Waals surface area (Å²) in [4.78, 5) is 22.1. The maximum atomic E-state index is 11.3. The van der Waals surface area contributed by atoms with Crippen molar-refractivity contribution in [2.24, 2.45) is 5.73 Å². The lowest BCUT2D eigenvalue weighted by atomic mass is 10.1. The van der Waals surface area contributed by atoms with Gasteiger partial charge in [0.25, 0.3) is 5.69 Å². The first kappa shape index (κ1) is 18.5. The van der Waals surface area contributed by atoms with Gasteiger partial charge in [-0.15, -0.1) is 0 Å². The quantitative estimate of drug-likeness (QED) is 0.571. The van der Waals surface area contributed by atoms with Crippen LogP contribution in [0.4, 0.5) is 11.4 Å². The lowest BCUT2D eigenvalue weighted by Gasteiger charge is -2.14. The van der Waals surface area contributed by atoms with E-state index < -0.39 is 10.8 Å². The van der Waals surface area contributed by atoms with Crippen molar-refractivity contribution in [3.05, 3.63) is 57.1 Å². The zero-order chi connectivity index (χ0) is 19.6. The molecular formula is C19H21N3O5. The molecule has 1 aliphatic rings. The molecule has 0 radical (unpaired) electrons. The Labute approximate surface area is 156 Å². The molecule has 8 nitrogen and oxygen atoms in total. The summed E-state index contributed by atoms with van der Waals surface area (Å²) in [6.45, 7) is 4.71. The fourth-order valence-electron chi connectivity index (χ4n) is 3.09. The van der Waals surface area contributed by atoms with Crippen LogP contribution in [0, 0.1) is 10.1 Å². The number of nitrogens with one attached hydrogen (secondary N) is 1. The number of nitrogens with two attached hydrogens (primary N) is 1. The molecule has 1 atom stereocenters. The molecule has 27 heavy (non-hydrogen) atoms. The minimum Gasteiger partial charge on any atom is -0.494 e. The molecule has 8 heteroatoms. The van der Waals surface area contributed by atoms with Gasteiger partial charge in [0.05, 0.1) is 11.5 Å². The van der Waals surface area contributed by atoms with Crippen molar-refractivity contribution in [1.82, 2.24) is 0 Å². The number of carbonyl (C=O) groups is 1. The second kappa shape index (κ2) is 7.53. The van der Waals surface area contributed by atoms with Crippen molar-refractivity contribution in [2.75, 3.05) is 11.9 Å². The normalized spacial score (nSPS) is 15.0. The van der Waals surface area contributed by atoms with Gasteiger partial charge in [-0.25, -0.2) is 0 Å². The standard InChI is InChI=1S/C19H21N3O5/c1-3-26-17-8-13-6-11(2)27-18(13)9-14(17)10-21-15-5-4-12(19(20)23)7-16(15)22(24)25/h4-5,7-9,11,21H,3,6,10H2,1-2H3,(H2,20,23)/t11-/m0/s1. The third kappa shape index (κ3) is 3.94. The number of hydrogen-bond acceptors (Lipinski definition) is 6. The summed E-state index contributed by atoms with van der Waals surface area (Å²) in [7, 11) is 0. The van der Waals surface area contributed by atoms with Crippen LogP contribution in [0.2, 0.25) is 0 Å². The highest BCUT2D eigenvalue weighted by atomic mass is 16.6. The van der Waals surface area contributed by atoms with Gasteiger partial charge in [0.15, 0.2) is 0 Å². The van der Waals surface area contributed by atoms with E-state index in [2.05, 4.69) is 5.32 Å². The number of anilines is 1.